The molecule has 0 saturated heterocycles. The molecule has 0 aliphatic heterocycles. The molecule has 0 bridgehead atoms. The highest BCUT2D eigenvalue weighted by atomic mass is 32.1. The molecular weight excluding hydrogens is 697 g/mol. The minimum atomic E-state index is -0.487. The number of nitrogens with two attached hydrogens (primary N) is 1. The average Bonchev–Trinajstić information content (AvgIpc) is 3.98. The number of carbonyl (C=O) groups excluding carboxylic acids is 4. The van der Waals surface area contributed by atoms with E-state index in [-0.39, 0.29) is 35.1 Å². The molecular formula is C32H32N12O5S2. The average molecular weight is 729 g/mol. The first kappa shape index (κ1) is 34.6. The van der Waals surface area contributed by atoms with Crippen LogP contribution in [0.5, 0.6) is 0 Å². The summed E-state index contributed by atoms with van der Waals surface area (Å²) >= 11 is 2.99. The van der Waals surface area contributed by atoms with Gasteiger partial charge in [0.05, 0.1) is 33.1 Å². The first-order chi connectivity index (χ1) is 24.8. The quantitative estimate of drug-likeness (QED) is 0.0714. The number of H-pyrrole nitrogens is 2. The van der Waals surface area contributed by atoms with Crippen LogP contribution in [0.4, 0.5) is 5.82 Å². The van der Waals surface area contributed by atoms with Gasteiger partial charge in [0.25, 0.3) is 29.5 Å². The summed E-state index contributed by atoms with van der Waals surface area (Å²) in [6.45, 7) is 1.35. The fraction of sp³-hybridized carbons (Fsp3) is 0.219. The van der Waals surface area contributed by atoms with Crippen molar-refractivity contribution in [3.05, 3.63) is 93.7 Å². The summed E-state index contributed by atoms with van der Waals surface area (Å²) in [6.07, 6.45) is 2.72. The Kier molecular flexibility index (Phi) is 11.2. The largest absolute Gasteiger partial charge is 0.384 e. The van der Waals surface area contributed by atoms with E-state index in [1.807, 2.05) is 29.0 Å². The van der Waals surface area contributed by atoms with Gasteiger partial charge in [-0.3, -0.25) is 29.4 Å². The maximum Gasteiger partial charge on any atom is 0.292 e. The van der Waals surface area contributed by atoms with Gasteiger partial charge in [-0.05, 0) is 65.6 Å². The van der Waals surface area contributed by atoms with Gasteiger partial charge < -0.3 is 31.5 Å². The summed E-state index contributed by atoms with van der Waals surface area (Å²) in [7, 11) is 0. The van der Waals surface area contributed by atoms with Gasteiger partial charge in [-0.15, -0.1) is 22.7 Å². The summed E-state index contributed by atoms with van der Waals surface area (Å²) in [4.78, 5) is 59.5. The van der Waals surface area contributed by atoms with Crippen molar-refractivity contribution in [3.8, 4) is 21.1 Å². The Labute approximate surface area is 297 Å². The van der Waals surface area contributed by atoms with Gasteiger partial charge in [-0.25, -0.2) is 4.98 Å². The molecule has 19 heteroatoms. The molecule has 6 aromatic rings. The number of thiophene rings is 2. The van der Waals surface area contributed by atoms with Gasteiger partial charge >= 0.3 is 0 Å². The number of hydrogen-bond acceptors (Lipinski definition) is 13. The highest BCUT2D eigenvalue weighted by Crippen LogP contribution is 2.27. The Bertz CT molecular complexity index is 2100. The normalized spacial score (nSPS) is 10.9. The third kappa shape index (κ3) is 9.28. The van der Waals surface area contributed by atoms with Gasteiger partial charge in [0, 0.05) is 32.4 Å². The van der Waals surface area contributed by atoms with Crippen molar-refractivity contribution in [1.29, 1.82) is 0 Å². The smallest absolute Gasteiger partial charge is 0.292 e. The van der Waals surface area contributed by atoms with E-state index in [1.54, 1.807) is 35.6 Å². The molecule has 0 aliphatic carbocycles. The molecule has 0 fully saturated rings. The molecule has 6 heterocycles. The Morgan fingerprint density at radius 1 is 0.765 bits per heavy atom. The van der Waals surface area contributed by atoms with Crippen molar-refractivity contribution in [3.63, 3.8) is 0 Å². The number of nitrogens with zero attached hydrogens (tertiary/aromatic N) is 5. The molecule has 51 heavy (non-hydrogen) atoms. The molecule has 8 N–H and O–H groups in total. The molecule has 0 radical (unpaired) electrons. The van der Waals surface area contributed by atoms with Crippen LogP contribution in [0.25, 0.3) is 21.1 Å². The summed E-state index contributed by atoms with van der Waals surface area (Å²) in [5.74, 6) is -0.898. The van der Waals surface area contributed by atoms with Crippen LogP contribution in [0.15, 0.2) is 63.9 Å². The summed E-state index contributed by atoms with van der Waals surface area (Å²) in [5.41, 5.74) is 8.77. The second-order valence-corrected chi connectivity index (χ2v) is 12.9. The number of aromatic nitrogens is 7. The molecule has 17 nitrogen and oxygen atoms in total. The summed E-state index contributed by atoms with van der Waals surface area (Å²) < 4.78 is 5.28. The zero-order chi connectivity index (χ0) is 35.6. The van der Waals surface area contributed by atoms with Crippen molar-refractivity contribution in [2.24, 2.45) is 0 Å². The number of nitrogen functional groups attached to an aromatic ring is 1. The van der Waals surface area contributed by atoms with E-state index < -0.39 is 5.91 Å². The molecule has 0 saturated carbocycles. The summed E-state index contributed by atoms with van der Waals surface area (Å²) in [5, 5.41) is 32.6. The number of nitrogens with one attached hydrogen (secondary N) is 6. The van der Waals surface area contributed by atoms with Crippen LogP contribution in [0, 0.1) is 0 Å². The van der Waals surface area contributed by atoms with Crippen molar-refractivity contribution in [2.45, 2.75) is 19.3 Å². The maximum absolute atomic E-state index is 12.6. The lowest BCUT2D eigenvalue weighted by Crippen LogP contribution is -2.30. The van der Waals surface area contributed by atoms with E-state index in [9.17, 15) is 19.2 Å². The second-order valence-electron chi connectivity index (χ2n) is 11.0. The van der Waals surface area contributed by atoms with Gasteiger partial charge in [-0.1, -0.05) is 11.2 Å². The van der Waals surface area contributed by atoms with E-state index in [2.05, 4.69) is 56.8 Å². The van der Waals surface area contributed by atoms with E-state index in [4.69, 9.17) is 10.3 Å². The molecule has 6 aromatic heterocycles. The third-order valence-corrected chi connectivity index (χ3v) is 9.17. The third-order valence-electron chi connectivity index (χ3n) is 7.25. The van der Waals surface area contributed by atoms with Crippen LogP contribution < -0.4 is 27.0 Å². The maximum atomic E-state index is 12.6. The molecule has 0 aromatic carbocycles. The molecule has 0 aliphatic rings. The Hall–Kier alpha value is -6.21. The van der Waals surface area contributed by atoms with E-state index >= 15 is 0 Å². The van der Waals surface area contributed by atoms with Gasteiger partial charge in [0.15, 0.2) is 11.4 Å². The minimum Gasteiger partial charge on any atom is -0.384 e. The first-order valence-electron chi connectivity index (χ1n) is 15.7. The van der Waals surface area contributed by atoms with Crippen molar-refractivity contribution >= 4 is 52.1 Å². The van der Waals surface area contributed by atoms with Crippen LogP contribution >= 0.6 is 22.7 Å². The highest BCUT2D eigenvalue weighted by molar-refractivity contribution is 7.13. The molecule has 4 amide bonds. The van der Waals surface area contributed by atoms with Crippen LogP contribution in [-0.2, 0) is 6.42 Å². The van der Waals surface area contributed by atoms with Crippen LogP contribution in [0.3, 0.4) is 0 Å². The van der Waals surface area contributed by atoms with E-state index in [0.717, 1.165) is 21.0 Å². The number of anilines is 1. The second kappa shape index (κ2) is 16.5. The Balaban J connectivity index is 0.883. The van der Waals surface area contributed by atoms with Gasteiger partial charge in [0.1, 0.15) is 5.82 Å². The zero-order valence-corrected chi connectivity index (χ0v) is 28.5. The molecule has 262 valence electrons. The van der Waals surface area contributed by atoms with Crippen molar-refractivity contribution in [1.82, 2.24) is 56.8 Å². The first-order valence-corrected chi connectivity index (χ1v) is 17.5. The number of aromatic amines is 2. The standard InChI is InChI=1S/C32H32N12O5S2/c33-26-6-5-19(16-38-26)29(45)34-7-2-8-35-31(47)23-15-21(41-43-23)25-12-18(17-51-25)13-27-39-28(44-49-27)32(48)37-10-3-9-36-30(46)22-14-20(40-42-22)24-4-1-11-50-24/h1,4-6,11-12,14-17H,2-3,7-10,13H2,(H2,33,38)(H,34,45)(H,35,47)(H,36,46)(H,37,48)(H,40,42)(H,41,43). The molecule has 0 spiro atoms. The van der Waals surface area contributed by atoms with Crippen molar-refractivity contribution < 1.29 is 23.7 Å². The molecule has 6 rings (SSSR count). The number of pyridine rings is 1. The van der Waals surface area contributed by atoms with E-state index in [0.29, 0.717) is 68.2 Å². The molecule has 0 atom stereocenters. The SMILES string of the molecule is Nc1ccc(C(=O)NCCCNC(=O)c2cc(-c3cc(Cc4nc(C(=O)NCCCNC(=O)c5cc(-c6cccs6)[nH]n5)no4)cs3)[nH]n2)cn1. The lowest BCUT2D eigenvalue weighted by Gasteiger charge is -2.06. The predicted molar refractivity (Wildman–Crippen MR) is 188 cm³/mol. The monoisotopic (exact) mass is 728 g/mol. The highest BCUT2D eigenvalue weighted by Gasteiger charge is 2.17. The number of hydrogen-bond donors (Lipinski definition) is 7. The van der Waals surface area contributed by atoms with Crippen molar-refractivity contribution in [2.75, 3.05) is 31.9 Å². The Morgan fingerprint density at radius 3 is 2.04 bits per heavy atom. The molecule has 0 unspecified atom stereocenters. The zero-order valence-electron chi connectivity index (χ0n) is 26.9. The predicted octanol–water partition coefficient (Wildman–Crippen LogP) is 2.64. The van der Waals surface area contributed by atoms with Gasteiger partial charge in [0.2, 0.25) is 5.89 Å². The lowest BCUT2D eigenvalue weighted by molar-refractivity contribution is 0.0928. The van der Waals surface area contributed by atoms with Crippen LogP contribution in [0.2, 0.25) is 0 Å². The lowest BCUT2D eigenvalue weighted by atomic mass is 10.2. The minimum absolute atomic E-state index is 0.0900. The fourth-order valence-electron chi connectivity index (χ4n) is 4.65. The number of carbonyl (C=O) groups is 4. The number of amides is 4. The van der Waals surface area contributed by atoms with Crippen LogP contribution in [0.1, 0.15) is 66.2 Å². The van der Waals surface area contributed by atoms with Crippen LogP contribution in [-0.4, -0.2) is 85.3 Å². The topological polar surface area (TPSA) is 252 Å². The fourth-order valence-corrected chi connectivity index (χ4v) is 6.22. The van der Waals surface area contributed by atoms with E-state index in [1.165, 1.54) is 17.5 Å². The Morgan fingerprint density at radius 2 is 1.41 bits per heavy atom. The summed E-state index contributed by atoms with van der Waals surface area (Å²) in [6, 6.07) is 12.3. The number of rotatable bonds is 16. The van der Waals surface area contributed by atoms with Gasteiger partial charge in [-0.2, -0.15) is 15.2 Å².